The Bertz CT molecular complexity index is 420. The van der Waals surface area contributed by atoms with Crippen molar-refractivity contribution in [1.29, 1.82) is 0 Å². The summed E-state index contributed by atoms with van der Waals surface area (Å²) >= 11 is 0. The normalized spacial score (nSPS) is 18.4. The maximum atomic E-state index is 13.1. The molecule has 0 bridgehead atoms. The lowest BCUT2D eigenvalue weighted by molar-refractivity contribution is 0.0777. The van der Waals surface area contributed by atoms with E-state index in [2.05, 4.69) is 19.2 Å². The lowest BCUT2D eigenvalue weighted by atomic mass is 9.94. The van der Waals surface area contributed by atoms with E-state index in [-0.39, 0.29) is 18.5 Å². The molecule has 0 spiro atoms. The van der Waals surface area contributed by atoms with Crippen molar-refractivity contribution in [2.45, 2.75) is 38.3 Å². The van der Waals surface area contributed by atoms with Crippen molar-refractivity contribution in [3.8, 4) is 5.75 Å². The second-order valence-corrected chi connectivity index (χ2v) is 5.63. The fourth-order valence-electron chi connectivity index (χ4n) is 2.48. The monoisotopic (exact) mass is 267 g/mol. The van der Waals surface area contributed by atoms with Crippen LogP contribution in [0, 0.1) is 11.7 Å². The lowest BCUT2D eigenvalue weighted by Gasteiger charge is -2.35. The number of benzene rings is 1. The van der Waals surface area contributed by atoms with Crippen molar-refractivity contribution < 1.29 is 14.2 Å². The Hall–Kier alpha value is -1.13. The number of ether oxygens (including phenoxy) is 1. The second-order valence-electron chi connectivity index (χ2n) is 5.63. The molecule has 2 N–H and O–H groups in total. The lowest BCUT2D eigenvalue weighted by Crippen LogP contribution is -2.57. The van der Waals surface area contributed by atoms with Crippen LogP contribution in [0.3, 0.4) is 0 Å². The van der Waals surface area contributed by atoms with Crippen LogP contribution in [-0.2, 0) is 0 Å². The maximum absolute atomic E-state index is 13.1. The van der Waals surface area contributed by atoms with Gasteiger partial charge in [-0.25, -0.2) is 4.39 Å². The van der Waals surface area contributed by atoms with Crippen molar-refractivity contribution in [3.05, 3.63) is 30.1 Å². The number of hydrogen-bond acceptors (Lipinski definition) is 3. The van der Waals surface area contributed by atoms with Crippen LogP contribution in [0.4, 0.5) is 4.39 Å². The van der Waals surface area contributed by atoms with E-state index in [0.717, 1.165) is 12.8 Å². The fraction of sp³-hybridized carbons (Fsp3) is 0.600. The molecule has 3 nitrogen and oxygen atoms in total. The van der Waals surface area contributed by atoms with E-state index in [1.54, 1.807) is 12.1 Å². The van der Waals surface area contributed by atoms with Crippen molar-refractivity contribution in [3.63, 3.8) is 0 Å². The molecule has 106 valence electrons. The molecule has 1 aliphatic carbocycles. The first kappa shape index (κ1) is 14.3. The molecule has 1 fully saturated rings. The highest BCUT2D eigenvalue weighted by molar-refractivity contribution is 5.22. The maximum Gasteiger partial charge on any atom is 0.126 e. The number of aliphatic hydroxyl groups excluding tert-OH is 1. The van der Waals surface area contributed by atoms with Gasteiger partial charge < -0.3 is 15.2 Å². The first-order valence-electron chi connectivity index (χ1n) is 6.83. The summed E-state index contributed by atoms with van der Waals surface area (Å²) in [5.41, 5.74) is -0.416. The van der Waals surface area contributed by atoms with Crippen molar-refractivity contribution in [1.82, 2.24) is 5.32 Å². The van der Waals surface area contributed by atoms with Gasteiger partial charge in [0.2, 0.25) is 0 Å². The van der Waals surface area contributed by atoms with Crippen LogP contribution >= 0.6 is 0 Å². The van der Waals surface area contributed by atoms with Gasteiger partial charge in [0.05, 0.1) is 12.1 Å². The Morgan fingerprint density at radius 1 is 1.47 bits per heavy atom. The Kier molecular flexibility index (Phi) is 4.42. The first-order valence-corrected chi connectivity index (χ1v) is 6.83. The molecule has 1 aromatic rings. The molecule has 1 aliphatic rings. The van der Waals surface area contributed by atoms with E-state index in [0.29, 0.717) is 18.3 Å². The number of rotatable bonds is 7. The van der Waals surface area contributed by atoms with Crippen LogP contribution in [0.2, 0.25) is 0 Å². The zero-order valence-electron chi connectivity index (χ0n) is 11.5. The standard InChI is InChI=1S/C15H22FNO2/c1-11(2)17-15(9-18,12-6-7-12)10-19-14-5-3-4-13(16)8-14/h3-5,8,11-12,17-18H,6-7,9-10H2,1-2H3. The summed E-state index contributed by atoms with van der Waals surface area (Å²) < 4.78 is 18.8. The number of nitrogens with one attached hydrogen (secondary N) is 1. The van der Waals surface area contributed by atoms with Crippen LogP contribution in [0.15, 0.2) is 24.3 Å². The van der Waals surface area contributed by atoms with Crippen LogP contribution in [0.5, 0.6) is 5.75 Å². The van der Waals surface area contributed by atoms with E-state index >= 15 is 0 Å². The van der Waals surface area contributed by atoms with Crippen molar-refractivity contribution >= 4 is 0 Å². The van der Waals surface area contributed by atoms with Gasteiger partial charge in [0.25, 0.3) is 0 Å². The molecular formula is C15H22FNO2. The first-order chi connectivity index (χ1) is 9.05. The highest BCUT2D eigenvalue weighted by atomic mass is 19.1. The topological polar surface area (TPSA) is 41.5 Å². The minimum atomic E-state index is -0.416. The molecule has 0 amide bonds. The van der Waals surface area contributed by atoms with Gasteiger partial charge in [-0.15, -0.1) is 0 Å². The highest BCUT2D eigenvalue weighted by Crippen LogP contribution is 2.40. The van der Waals surface area contributed by atoms with Gasteiger partial charge in [-0.1, -0.05) is 19.9 Å². The molecule has 0 heterocycles. The van der Waals surface area contributed by atoms with Gasteiger partial charge in [-0.05, 0) is 30.9 Å². The largest absolute Gasteiger partial charge is 0.491 e. The fourth-order valence-corrected chi connectivity index (χ4v) is 2.48. The van der Waals surface area contributed by atoms with E-state index in [9.17, 15) is 9.50 Å². The predicted molar refractivity (Wildman–Crippen MR) is 72.7 cm³/mol. The number of halogens is 1. The SMILES string of the molecule is CC(C)NC(CO)(COc1cccc(F)c1)C1CC1. The van der Waals surface area contributed by atoms with Crippen LogP contribution in [0.25, 0.3) is 0 Å². The van der Waals surface area contributed by atoms with Gasteiger partial charge in [0.15, 0.2) is 0 Å². The molecule has 1 unspecified atom stereocenters. The highest BCUT2D eigenvalue weighted by Gasteiger charge is 2.45. The third-order valence-electron chi connectivity index (χ3n) is 3.51. The zero-order chi connectivity index (χ0) is 13.9. The summed E-state index contributed by atoms with van der Waals surface area (Å²) in [4.78, 5) is 0. The average Bonchev–Trinajstić information content (AvgIpc) is 3.19. The third-order valence-corrected chi connectivity index (χ3v) is 3.51. The zero-order valence-corrected chi connectivity index (χ0v) is 11.5. The minimum Gasteiger partial charge on any atom is -0.491 e. The van der Waals surface area contributed by atoms with E-state index in [4.69, 9.17) is 4.74 Å². The summed E-state index contributed by atoms with van der Waals surface area (Å²) in [6.07, 6.45) is 2.21. The molecular weight excluding hydrogens is 245 g/mol. The predicted octanol–water partition coefficient (Wildman–Crippen LogP) is 2.34. The molecule has 1 aromatic carbocycles. The summed E-state index contributed by atoms with van der Waals surface area (Å²) in [5.74, 6) is 0.632. The summed E-state index contributed by atoms with van der Waals surface area (Å²) in [6, 6.07) is 6.37. The van der Waals surface area contributed by atoms with Crippen molar-refractivity contribution in [2.24, 2.45) is 5.92 Å². The van der Waals surface area contributed by atoms with Crippen LogP contribution in [0.1, 0.15) is 26.7 Å². The van der Waals surface area contributed by atoms with Crippen LogP contribution < -0.4 is 10.1 Å². The summed E-state index contributed by atoms with van der Waals surface area (Å²) in [5, 5.41) is 13.2. The molecule has 1 atom stereocenters. The molecule has 0 saturated heterocycles. The van der Waals surface area contributed by atoms with Gasteiger partial charge in [0.1, 0.15) is 18.2 Å². The Morgan fingerprint density at radius 3 is 2.74 bits per heavy atom. The van der Waals surface area contributed by atoms with Gasteiger partial charge in [-0.2, -0.15) is 0 Å². The Labute approximate surface area is 113 Å². The Morgan fingerprint density at radius 2 is 2.21 bits per heavy atom. The van der Waals surface area contributed by atoms with Crippen LogP contribution in [-0.4, -0.2) is 29.9 Å². The molecule has 1 saturated carbocycles. The summed E-state index contributed by atoms with van der Waals surface area (Å²) in [6.45, 7) is 4.49. The third kappa shape index (κ3) is 3.67. The molecule has 0 radical (unpaired) electrons. The molecule has 0 aliphatic heterocycles. The summed E-state index contributed by atoms with van der Waals surface area (Å²) in [7, 11) is 0. The minimum absolute atomic E-state index is 0.0329. The molecule has 4 heteroatoms. The Balaban J connectivity index is 2.03. The van der Waals surface area contributed by atoms with E-state index in [1.807, 2.05) is 0 Å². The molecule has 19 heavy (non-hydrogen) atoms. The van der Waals surface area contributed by atoms with Gasteiger partial charge >= 0.3 is 0 Å². The van der Waals surface area contributed by atoms with E-state index < -0.39 is 5.54 Å². The second kappa shape index (κ2) is 5.88. The number of aliphatic hydroxyl groups is 1. The van der Waals surface area contributed by atoms with Gasteiger partial charge in [0, 0.05) is 12.1 Å². The molecule has 2 rings (SSSR count). The smallest absolute Gasteiger partial charge is 0.126 e. The van der Waals surface area contributed by atoms with E-state index in [1.165, 1.54) is 12.1 Å². The van der Waals surface area contributed by atoms with Gasteiger partial charge in [-0.3, -0.25) is 0 Å². The molecule has 0 aromatic heterocycles. The average molecular weight is 267 g/mol. The number of hydrogen-bond donors (Lipinski definition) is 2. The quantitative estimate of drug-likeness (QED) is 0.797. The van der Waals surface area contributed by atoms with Crippen molar-refractivity contribution in [2.75, 3.05) is 13.2 Å².